The number of fused-ring (bicyclic) bond motifs is 8. The number of aromatic nitrogens is 4. The van der Waals surface area contributed by atoms with E-state index in [1.807, 2.05) is 78.9 Å². The SMILES string of the molecule is O=Cc1c2nc(c(-c3ccccc3)c3ccc(cc4nc(c(-c5ccccc5)c5ccc1[nH]5)C=C4)[nH]3)C=C2. The molecule has 8 bridgehead atoms. The average Bonchev–Trinajstić information content (AvgIpc) is 3.77. The van der Waals surface area contributed by atoms with E-state index in [-0.39, 0.29) is 0 Å². The maximum atomic E-state index is 12.4. The minimum atomic E-state index is 0.506. The minimum Gasteiger partial charge on any atom is -0.355 e. The van der Waals surface area contributed by atoms with E-state index in [0.29, 0.717) is 16.8 Å². The quantitative estimate of drug-likeness (QED) is 0.248. The van der Waals surface area contributed by atoms with Gasteiger partial charge >= 0.3 is 0 Å². The van der Waals surface area contributed by atoms with Crippen LogP contribution in [-0.2, 0) is 0 Å². The van der Waals surface area contributed by atoms with E-state index in [0.717, 1.165) is 62.2 Å². The molecule has 5 heteroatoms. The summed E-state index contributed by atoms with van der Waals surface area (Å²) < 4.78 is 0. The van der Waals surface area contributed by atoms with Crippen molar-refractivity contribution in [1.82, 2.24) is 19.9 Å². The van der Waals surface area contributed by atoms with Crippen LogP contribution < -0.4 is 0 Å². The first kappa shape index (κ1) is 21.9. The van der Waals surface area contributed by atoms with Gasteiger partial charge in [0.15, 0.2) is 6.29 Å². The number of aromatic amines is 2. The Kier molecular flexibility index (Phi) is 5.19. The van der Waals surface area contributed by atoms with E-state index >= 15 is 0 Å². The molecule has 0 amide bonds. The molecule has 180 valence electrons. The zero-order valence-corrected chi connectivity index (χ0v) is 20.3. The fourth-order valence-corrected chi connectivity index (χ4v) is 5.10. The molecule has 0 aliphatic carbocycles. The van der Waals surface area contributed by atoms with Crippen LogP contribution in [0.2, 0.25) is 0 Å². The smallest absolute Gasteiger partial charge is 0.154 e. The van der Waals surface area contributed by atoms with Crippen molar-refractivity contribution in [2.45, 2.75) is 0 Å². The van der Waals surface area contributed by atoms with Gasteiger partial charge in [-0.05, 0) is 65.8 Å². The Hall–Kier alpha value is -5.29. The summed E-state index contributed by atoms with van der Waals surface area (Å²) in [5.41, 5.74) is 11.1. The summed E-state index contributed by atoms with van der Waals surface area (Å²) in [7, 11) is 0. The van der Waals surface area contributed by atoms with Gasteiger partial charge in [0.1, 0.15) is 0 Å². The Morgan fingerprint density at radius 1 is 0.553 bits per heavy atom. The van der Waals surface area contributed by atoms with E-state index in [2.05, 4.69) is 46.4 Å². The fraction of sp³-hybridized carbons (Fsp3) is 0. The Morgan fingerprint density at radius 2 is 1.13 bits per heavy atom. The molecular formula is C33H22N4O. The van der Waals surface area contributed by atoms with Crippen LogP contribution >= 0.6 is 0 Å². The minimum absolute atomic E-state index is 0.506. The highest BCUT2D eigenvalue weighted by atomic mass is 16.1. The molecule has 0 saturated heterocycles. The third-order valence-corrected chi connectivity index (χ3v) is 6.86. The number of aldehydes is 1. The molecular weight excluding hydrogens is 468 g/mol. The van der Waals surface area contributed by atoms with Gasteiger partial charge in [0.2, 0.25) is 0 Å². The van der Waals surface area contributed by atoms with Gasteiger partial charge in [-0.25, -0.2) is 9.97 Å². The first-order valence-corrected chi connectivity index (χ1v) is 12.5. The number of hydrogen-bond donors (Lipinski definition) is 2. The number of nitrogens with one attached hydrogen (secondary N) is 2. The van der Waals surface area contributed by atoms with Crippen LogP contribution in [0.15, 0.2) is 91.0 Å². The molecule has 38 heavy (non-hydrogen) atoms. The van der Waals surface area contributed by atoms with Crippen LogP contribution in [0, 0.1) is 0 Å². The van der Waals surface area contributed by atoms with E-state index < -0.39 is 0 Å². The lowest BCUT2D eigenvalue weighted by Crippen LogP contribution is -1.89. The molecule has 5 heterocycles. The van der Waals surface area contributed by atoms with Gasteiger partial charge in [0.05, 0.1) is 33.9 Å². The standard InChI is InChI=1S/C33H22N4O/c38-20-25-26-15-17-30(36-26)32(21-7-3-1-4-8-21)28-13-11-23(34-28)19-24-12-14-29(35-24)33(22-9-5-2-6-10-22)31-18-16-27(25)37-31/h1-20,34,37H. The lowest BCUT2D eigenvalue weighted by Gasteiger charge is -2.04. The molecule has 0 spiro atoms. The van der Waals surface area contributed by atoms with Crippen molar-refractivity contribution < 1.29 is 4.79 Å². The second-order valence-corrected chi connectivity index (χ2v) is 9.24. The maximum Gasteiger partial charge on any atom is 0.154 e. The highest BCUT2D eigenvalue weighted by molar-refractivity contribution is 5.98. The van der Waals surface area contributed by atoms with Crippen LogP contribution in [0.1, 0.15) is 33.1 Å². The summed E-state index contributed by atoms with van der Waals surface area (Å²) in [6.45, 7) is 0. The average molecular weight is 491 g/mol. The number of hydrogen-bond acceptors (Lipinski definition) is 3. The fourth-order valence-electron chi connectivity index (χ4n) is 5.10. The van der Waals surface area contributed by atoms with Crippen molar-refractivity contribution >= 4 is 52.7 Å². The first-order chi connectivity index (χ1) is 18.8. The number of benzene rings is 2. The predicted octanol–water partition coefficient (Wildman–Crippen LogP) is 7.80. The topological polar surface area (TPSA) is 74.4 Å². The van der Waals surface area contributed by atoms with Crippen LogP contribution in [-0.4, -0.2) is 26.2 Å². The predicted molar refractivity (Wildman–Crippen MR) is 155 cm³/mol. The number of rotatable bonds is 3. The maximum absolute atomic E-state index is 12.4. The number of nitrogens with zero attached hydrogens (tertiary/aromatic N) is 2. The molecule has 2 aliphatic rings. The van der Waals surface area contributed by atoms with Crippen molar-refractivity contribution in [3.63, 3.8) is 0 Å². The van der Waals surface area contributed by atoms with Crippen molar-refractivity contribution in [2.75, 3.05) is 0 Å². The molecule has 3 aromatic heterocycles. The van der Waals surface area contributed by atoms with Gasteiger partial charge in [-0.3, -0.25) is 4.79 Å². The summed E-state index contributed by atoms with van der Waals surface area (Å²) in [6, 6.07) is 30.4. The van der Waals surface area contributed by atoms with E-state index in [9.17, 15) is 4.79 Å². The molecule has 0 saturated carbocycles. The van der Waals surface area contributed by atoms with Crippen LogP contribution in [0.25, 0.3) is 68.6 Å². The molecule has 2 aromatic carbocycles. The zero-order valence-electron chi connectivity index (χ0n) is 20.3. The summed E-state index contributed by atoms with van der Waals surface area (Å²) in [5.74, 6) is 0. The number of H-pyrrole nitrogens is 2. The highest BCUT2D eigenvalue weighted by Crippen LogP contribution is 2.32. The monoisotopic (exact) mass is 490 g/mol. The Morgan fingerprint density at radius 3 is 1.84 bits per heavy atom. The third kappa shape index (κ3) is 3.78. The van der Waals surface area contributed by atoms with Crippen LogP contribution in [0.3, 0.4) is 0 Å². The molecule has 5 aromatic rings. The second kappa shape index (κ2) is 8.98. The molecule has 0 unspecified atom stereocenters. The summed E-state index contributed by atoms with van der Waals surface area (Å²) >= 11 is 0. The van der Waals surface area contributed by atoms with Gasteiger partial charge in [0.25, 0.3) is 0 Å². The van der Waals surface area contributed by atoms with Crippen molar-refractivity contribution in [3.05, 3.63) is 119 Å². The summed E-state index contributed by atoms with van der Waals surface area (Å²) in [5, 5.41) is 0. The van der Waals surface area contributed by atoms with Crippen molar-refractivity contribution in [1.29, 1.82) is 0 Å². The van der Waals surface area contributed by atoms with E-state index in [1.54, 1.807) is 0 Å². The van der Waals surface area contributed by atoms with Crippen molar-refractivity contribution in [2.24, 2.45) is 0 Å². The first-order valence-electron chi connectivity index (χ1n) is 12.5. The van der Waals surface area contributed by atoms with Gasteiger partial charge < -0.3 is 9.97 Å². The molecule has 2 N–H and O–H groups in total. The molecule has 0 fully saturated rings. The molecule has 7 rings (SSSR count). The van der Waals surface area contributed by atoms with Crippen molar-refractivity contribution in [3.8, 4) is 22.3 Å². The number of carbonyl (C=O) groups excluding carboxylic acids is 1. The summed E-state index contributed by atoms with van der Waals surface area (Å²) in [6.07, 6.45) is 8.81. The van der Waals surface area contributed by atoms with Gasteiger partial charge in [0, 0.05) is 27.7 Å². The Labute approximate surface area is 218 Å². The molecule has 0 radical (unpaired) electrons. The Bertz CT molecular complexity index is 1890. The number of carbonyl (C=O) groups is 1. The lowest BCUT2D eigenvalue weighted by atomic mass is 10.0. The van der Waals surface area contributed by atoms with E-state index in [1.165, 1.54) is 0 Å². The van der Waals surface area contributed by atoms with Crippen LogP contribution in [0.5, 0.6) is 0 Å². The van der Waals surface area contributed by atoms with Gasteiger partial charge in [-0.2, -0.15) is 0 Å². The molecule has 0 atom stereocenters. The zero-order chi connectivity index (χ0) is 25.5. The van der Waals surface area contributed by atoms with Crippen LogP contribution in [0.4, 0.5) is 0 Å². The highest BCUT2D eigenvalue weighted by Gasteiger charge is 2.15. The van der Waals surface area contributed by atoms with Gasteiger partial charge in [-0.15, -0.1) is 0 Å². The largest absolute Gasteiger partial charge is 0.355 e. The third-order valence-electron chi connectivity index (χ3n) is 6.86. The molecule has 5 nitrogen and oxygen atoms in total. The van der Waals surface area contributed by atoms with Gasteiger partial charge in [-0.1, -0.05) is 60.7 Å². The Balaban J connectivity index is 1.63. The normalized spacial score (nSPS) is 12.1. The van der Waals surface area contributed by atoms with E-state index in [4.69, 9.17) is 9.97 Å². The molecule has 2 aliphatic heterocycles. The lowest BCUT2D eigenvalue weighted by molar-refractivity contribution is 0.112. The summed E-state index contributed by atoms with van der Waals surface area (Å²) in [4.78, 5) is 29.3. The second-order valence-electron chi connectivity index (χ2n) is 9.24.